The monoisotopic (exact) mass is 144 g/mol. The van der Waals surface area contributed by atoms with Crippen molar-refractivity contribution in [2.45, 2.75) is 13.3 Å². The fraction of sp³-hybridized carbons (Fsp3) is 0.286. The van der Waals surface area contributed by atoms with Crippen molar-refractivity contribution in [3.8, 4) is 0 Å². The van der Waals surface area contributed by atoms with Crippen LogP contribution in [0.5, 0.6) is 0 Å². The Morgan fingerprint density at radius 3 is 2.78 bits per heavy atom. The molecule has 0 N–H and O–H groups in total. The lowest BCUT2D eigenvalue weighted by molar-refractivity contribution is -0.107. The summed E-state index contributed by atoms with van der Waals surface area (Å²) in [6.07, 6.45) is 6.45. The molecular weight excluding hydrogens is 136 g/mol. The minimum atomic E-state index is 0.435. The third kappa shape index (κ3) is 5.31. The van der Waals surface area contributed by atoms with Crippen LogP contribution in [-0.4, -0.2) is 6.29 Å². The molecule has 0 rings (SSSR count). The number of aldehydes is 1. The summed E-state index contributed by atoms with van der Waals surface area (Å²) in [5.74, 6) is 0. The van der Waals surface area contributed by atoms with Crippen LogP contribution in [0.1, 0.15) is 13.3 Å². The van der Waals surface area contributed by atoms with Crippen molar-refractivity contribution in [1.29, 1.82) is 0 Å². The Bertz CT molecular complexity index is 136. The van der Waals surface area contributed by atoms with Crippen LogP contribution < -0.4 is 0 Å². The molecule has 0 aliphatic heterocycles. The lowest BCUT2D eigenvalue weighted by atomic mass is 10.4. The van der Waals surface area contributed by atoms with Gasteiger partial charge in [0, 0.05) is 11.5 Å². The molecule has 0 saturated heterocycles. The van der Waals surface area contributed by atoms with Crippen molar-refractivity contribution >= 4 is 17.9 Å². The Kier molecular flexibility index (Phi) is 5.23. The van der Waals surface area contributed by atoms with Gasteiger partial charge in [-0.2, -0.15) is 0 Å². The normalized spacial score (nSPS) is 12.4. The maximum Gasteiger partial charge on any atom is 0.123 e. The number of carbonyl (C=O) groups excluding carboxylic acids is 1. The summed E-state index contributed by atoms with van der Waals surface area (Å²) in [4.78, 5) is 9.76. The first kappa shape index (κ1) is 8.44. The third-order valence-corrected chi connectivity index (χ3v) is 1.13. The van der Waals surface area contributed by atoms with E-state index in [1.807, 2.05) is 6.92 Å². The van der Waals surface area contributed by atoms with E-state index in [-0.39, 0.29) is 0 Å². The van der Waals surface area contributed by atoms with Crippen LogP contribution >= 0.6 is 11.6 Å². The van der Waals surface area contributed by atoms with Gasteiger partial charge in [-0.1, -0.05) is 23.8 Å². The van der Waals surface area contributed by atoms with Crippen LogP contribution in [0.25, 0.3) is 0 Å². The van der Waals surface area contributed by atoms with E-state index in [0.29, 0.717) is 11.5 Å². The highest BCUT2D eigenvalue weighted by Gasteiger charge is 1.77. The Morgan fingerprint density at radius 1 is 1.67 bits per heavy atom. The summed E-state index contributed by atoms with van der Waals surface area (Å²) in [5, 5.41) is 0.664. The summed E-state index contributed by atoms with van der Waals surface area (Å²) < 4.78 is 0. The van der Waals surface area contributed by atoms with Crippen molar-refractivity contribution in [1.82, 2.24) is 0 Å². The average Bonchev–Trinajstić information content (AvgIpc) is 1.89. The van der Waals surface area contributed by atoms with Gasteiger partial charge >= 0.3 is 0 Å². The van der Waals surface area contributed by atoms with Gasteiger partial charge in [-0.25, -0.2) is 0 Å². The first-order valence-corrected chi connectivity index (χ1v) is 3.11. The van der Waals surface area contributed by atoms with Gasteiger partial charge in [0.2, 0.25) is 0 Å². The molecule has 0 saturated carbocycles. The topological polar surface area (TPSA) is 17.1 Å². The number of allylic oxidation sites excluding steroid dienone is 4. The summed E-state index contributed by atoms with van der Waals surface area (Å²) >= 11 is 5.56. The summed E-state index contributed by atoms with van der Waals surface area (Å²) in [6, 6.07) is 0. The molecule has 0 heterocycles. The Hall–Kier alpha value is -0.560. The zero-order chi connectivity index (χ0) is 7.11. The minimum absolute atomic E-state index is 0.435. The maximum atomic E-state index is 9.76. The van der Waals surface area contributed by atoms with Crippen LogP contribution in [-0.2, 0) is 4.79 Å². The van der Waals surface area contributed by atoms with E-state index in [9.17, 15) is 4.79 Å². The van der Waals surface area contributed by atoms with Crippen LogP contribution in [0.2, 0.25) is 0 Å². The Balaban J connectivity index is 3.56. The molecule has 0 radical (unpaired) electrons. The van der Waals surface area contributed by atoms with E-state index in [4.69, 9.17) is 11.6 Å². The van der Waals surface area contributed by atoms with Gasteiger partial charge < -0.3 is 4.79 Å². The SMILES string of the molecule is C/C=C(Cl)\C=C/CC=O. The molecule has 0 spiro atoms. The second-order valence-electron chi connectivity index (χ2n) is 1.48. The molecule has 9 heavy (non-hydrogen) atoms. The molecule has 0 atom stereocenters. The zero-order valence-corrected chi connectivity index (χ0v) is 6.06. The first-order chi connectivity index (χ1) is 4.31. The number of rotatable bonds is 3. The van der Waals surface area contributed by atoms with Crippen molar-refractivity contribution < 1.29 is 4.79 Å². The molecule has 0 amide bonds. The molecule has 0 aliphatic carbocycles. The number of carbonyl (C=O) groups is 1. The van der Waals surface area contributed by atoms with E-state index >= 15 is 0 Å². The molecule has 0 fully saturated rings. The molecular formula is C7H9ClO. The molecule has 1 nitrogen and oxygen atoms in total. The zero-order valence-electron chi connectivity index (χ0n) is 5.30. The predicted octanol–water partition coefficient (Wildman–Crippen LogP) is 2.27. The molecule has 0 aromatic carbocycles. The van der Waals surface area contributed by atoms with Crippen LogP contribution in [0.15, 0.2) is 23.3 Å². The average molecular weight is 145 g/mol. The second kappa shape index (κ2) is 5.57. The lowest BCUT2D eigenvalue weighted by Gasteiger charge is -1.80. The van der Waals surface area contributed by atoms with E-state index in [2.05, 4.69) is 0 Å². The van der Waals surface area contributed by atoms with Gasteiger partial charge in [-0.3, -0.25) is 0 Å². The maximum absolute atomic E-state index is 9.76. The van der Waals surface area contributed by atoms with Crippen molar-refractivity contribution in [2.24, 2.45) is 0 Å². The van der Waals surface area contributed by atoms with Gasteiger partial charge in [0.1, 0.15) is 6.29 Å². The number of halogens is 1. The highest BCUT2D eigenvalue weighted by molar-refractivity contribution is 6.31. The minimum Gasteiger partial charge on any atom is -0.303 e. The summed E-state index contributed by atoms with van der Waals surface area (Å²) in [7, 11) is 0. The van der Waals surface area contributed by atoms with E-state index in [1.54, 1.807) is 18.2 Å². The van der Waals surface area contributed by atoms with Crippen LogP contribution in [0.3, 0.4) is 0 Å². The number of hydrogen-bond acceptors (Lipinski definition) is 1. The van der Waals surface area contributed by atoms with Crippen molar-refractivity contribution in [3.63, 3.8) is 0 Å². The summed E-state index contributed by atoms with van der Waals surface area (Å²) in [6.45, 7) is 1.84. The van der Waals surface area contributed by atoms with E-state index < -0.39 is 0 Å². The van der Waals surface area contributed by atoms with Crippen molar-refractivity contribution in [3.05, 3.63) is 23.3 Å². The molecule has 0 aromatic rings. The molecule has 0 aliphatic rings. The molecule has 2 heteroatoms. The standard InChI is InChI=1S/C7H9ClO/c1-2-7(8)5-3-4-6-9/h2-3,5-6H,4H2,1H3/b5-3-,7-2+. The fourth-order valence-electron chi connectivity index (χ4n) is 0.332. The van der Waals surface area contributed by atoms with E-state index in [0.717, 1.165) is 6.29 Å². The van der Waals surface area contributed by atoms with E-state index in [1.165, 1.54) is 0 Å². The lowest BCUT2D eigenvalue weighted by Crippen LogP contribution is -1.66. The molecule has 50 valence electrons. The van der Waals surface area contributed by atoms with Crippen LogP contribution in [0, 0.1) is 0 Å². The highest BCUT2D eigenvalue weighted by atomic mass is 35.5. The Labute approximate surface area is 60.0 Å². The van der Waals surface area contributed by atoms with Crippen LogP contribution in [0.4, 0.5) is 0 Å². The molecule has 0 bridgehead atoms. The largest absolute Gasteiger partial charge is 0.303 e. The summed E-state index contributed by atoms with van der Waals surface area (Å²) in [5.41, 5.74) is 0. The molecule has 0 unspecified atom stereocenters. The number of hydrogen-bond donors (Lipinski definition) is 0. The quantitative estimate of drug-likeness (QED) is 0.439. The highest BCUT2D eigenvalue weighted by Crippen LogP contribution is 2.01. The Morgan fingerprint density at radius 2 is 2.33 bits per heavy atom. The predicted molar refractivity (Wildman–Crippen MR) is 39.4 cm³/mol. The second-order valence-corrected chi connectivity index (χ2v) is 1.91. The first-order valence-electron chi connectivity index (χ1n) is 2.73. The fourth-order valence-corrected chi connectivity index (χ4v) is 0.421. The van der Waals surface area contributed by atoms with Crippen molar-refractivity contribution in [2.75, 3.05) is 0 Å². The van der Waals surface area contributed by atoms with Gasteiger partial charge in [-0.15, -0.1) is 0 Å². The third-order valence-electron chi connectivity index (χ3n) is 0.785. The van der Waals surface area contributed by atoms with Gasteiger partial charge in [0.05, 0.1) is 0 Å². The smallest absolute Gasteiger partial charge is 0.123 e. The molecule has 0 aromatic heterocycles. The van der Waals surface area contributed by atoms with Gasteiger partial charge in [0.25, 0.3) is 0 Å². The van der Waals surface area contributed by atoms with Gasteiger partial charge in [-0.05, 0) is 13.0 Å². The van der Waals surface area contributed by atoms with Gasteiger partial charge in [0.15, 0.2) is 0 Å².